The van der Waals surface area contributed by atoms with E-state index in [0.717, 1.165) is 58.3 Å². The zero-order chi connectivity index (χ0) is 24.2. The molecule has 5 nitrogen and oxygen atoms in total. The maximum absolute atomic E-state index is 13.5. The number of nitriles is 1. The van der Waals surface area contributed by atoms with E-state index in [-0.39, 0.29) is 6.61 Å². The highest BCUT2D eigenvalue weighted by atomic mass is 16.5. The van der Waals surface area contributed by atoms with E-state index in [1.807, 2.05) is 60.7 Å². The average Bonchev–Trinajstić information content (AvgIpc) is 2.91. The van der Waals surface area contributed by atoms with Crippen LogP contribution in [0.4, 0.5) is 0 Å². The van der Waals surface area contributed by atoms with Gasteiger partial charge >= 0.3 is 5.97 Å². The van der Waals surface area contributed by atoms with Crippen LogP contribution in [0.25, 0.3) is 22.6 Å². The maximum atomic E-state index is 13.5. The Balaban J connectivity index is 1.56. The molecule has 1 heterocycles. The Morgan fingerprint density at radius 1 is 1.03 bits per heavy atom. The van der Waals surface area contributed by atoms with Crippen LogP contribution in [0.15, 0.2) is 72.8 Å². The number of esters is 1. The highest BCUT2D eigenvalue weighted by Crippen LogP contribution is 2.36. The van der Waals surface area contributed by atoms with Crippen molar-refractivity contribution in [2.24, 2.45) is 0 Å². The van der Waals surface area contributed by atoms with Crippen LogP contribution >= 0.6 is 0 Å². The van der Waals surface area contributed by atoms with Gasteiger partial charge in [-0.1, -0.05) is 48.5 Å². The summed E-state index contributed by atoms with van der Waals surface area (Å²) in [6.45, 7) is 0.0442. The fraction of sp³-hybridized carbons (Fsp3) is 0.167. The van der Waals surface area contributed by atoms with Crippen molar-refractivity contribution in [3.63, 3.8) is 0 Å². The number of hydrogen-bond acceptors (Lipinski definition) is 5. The highest BCUT2D eigenvalue weighted by Gasteiger charge is 2.26. The summed E-state index contributed by atoms with van der Waals surface area (Å²) in [6, 6.07) is 24.9. The van der Waals surface area contributed by atoms with Gasteiger partial charge in [-0.3, -0.25) is 0 Å². The number of benzene rings is 3. The van der Waals surface area contributed by atoms with Crippen LogP contribution in [0, 0.1) is 11.3 Å². The SMILES string of the molecule is COc1ccc(C=C2CCCc3c2nc2ccccc2c3C(=O)OCc2ccccc2C#N)cc1. The Labute approximate surface area is 204 Å². The maximum Gasteiger partial charge on any atom is 0.339 e. The molecule has 172 valence electrons. The Bertz CT molecular complexity index is 1480. The van der Waals surface area contributed by atoms with Crippen molar-refractivity contribution >= 4 is 28.5 Å². The molecule has 0 aliphatic heterocycles. The van der Waals surface area contributed by atoms with E-state index in [2.05, 4.69) is 12.1 Å². The minimum Gasteiger partial charge on any atom is -0.497 e. The molecule has 4 aromatic rings. The van der Waals surface area contributed by atoms with Crippen LogP contribution < -0.4 is 4.74 Å². The van der Waals surface area contributed by atoms with E-state index in [0.29, 0.717) is 16.7 Å². The van der Waals surface area contributed by atoms with Gasteiger partial charge in [0.05, 0.1) is 35.5 Å². The number of para-hydroxylation sites is 1. The number of pyridine rings is 1. The molecule has 1 aliphatic rings. The predicted octanol–water partition coefficient (Wildman–Crippen LogP) is 6.35. The molecule has 0 N–H and O–H groups in total. The zero-order valence-electron chi connectivity index (χ0n) is 19.5. The first-order valence-electron chi connectivity index (χ1n) is 11.6. The molecule has 35 heavy (non-hydrogen) atoms. The molecule has 3 aromatic carbocycles. The molecule has 0 unspecified atom stereocenters. The lowest BCUT2D eigenvalue weighted by Gasteiger charge is -2.22. The van der Waals surface area contributed by atoms with Crippen molar-refractivity contribution in [3.05, 3.63) is 106 Å². The molecule has 0 bridgehead atoms. The zero-order valence-corrected chi connectivity index (χ0v) is 19.5. The van der Waals surface area contributed by atoms with Gasteiger partial charge in [0, 0.05) is 10.9 Å². The van der Waals surface area contributed by atoms with Crippen LogP contribution in [0.3, 0.4) is 0 Å². The van der Waals surface area contributed by atoms with Gasteiger partial charge in [0.15, 0.2) is 0 Å². The second-order valence-electron chi connectivity index (χ2n) is 8.47. The number of allylic oxidation sites excluding steroid dienone is 1. The third-order valence-corrected chi connectivity index (χ3v) is 6.33. The average molecular weight is 461 g/mol. The van der Waals surface area contributed by atoms with Gasteiger partial charge in [-0.25, -0.2) is 9.78 Å². The fourth-order valence-corrected chi connectivity index (χ4v) is 4.58. The summed E-state index contributed by atoms with van der Waals surface area (Å²) < 4.78 is 11.0. The molecule has 0 saturated carbocycles. The molecule has 5 rings (SSSR count). The van der Waals surface area contributed by atoms with Crippen molar-refractivity contribution in [1.82, 2.24) is 4.98 Å². The Morgan fingerprint density at radius 2 is 1.80 bits per heavy atom. The van der Waals surface area contributed by atoms with Gasteiger partial charge in [0.25, 0.3) is 0 Å². The second-order valence-corrected chi connectivity index (χ2v) is 8.47. The smallest absolute Gasteiger partial charge is 0.339 e. The van der Waals surface area contributed by atoms with Gasteiger partial charge in [0.2, 0.25) is 0 Å². The standard InChI is InChI=1S/C30H24N2O3/c1-34-24-15-13-20(14-16-24)17-21-9-6-11-26-28(25-10-4-5-12-27(25)32-29(21)26)30(33)35-19-23-8-3-2-7-22(23)18-31/h2-5,7-8,10,12-17H,6,9,11,19H2,1H3. The van der Waals surface area contributed by atoms with Crippen LogP contribution in [-0.2, 0) is 17.8 Å². The van der Waals surface area contributed by atoms with Crippen LogP contribution in [-0.4, -0.2) is 18.1 Å². The van der Waals surface area contributed by atoms with Gasteiger partial charge in [0.1, 0.15) is 12.4 Å². The van der Waals surface area contributed by atoms with Gasteiger partial charge in [-0.15, -0.1) is 0 Å². The molecule has 0 atom stereocenters. The molecule has 0 saturated heterocycles. The summed E-state index contributed by atoms with van der Waals surface area (Å²) in [7, 11) is 1.65. The van der Waals surface area contributed by atoms with Gasteiger partial charge in [-0.2, -0.15) is 5.26 Å². The highest BCUT2D eigenvalue weighted by molar-refractivity contribution is 6.06. The molecular weight excluding hydrogens is 436 g/mol. The largest absolute Gasteiger partial charge is 0.497 e. The number of hydrogen-bond donors (Lipinski definition) is 0. The number of carbonyl (C=O) groups is 1. The van der Waals surface area contributed by atoms with E-state index >= 15 is 0 Å². The molecule has 0 radical (unpaired) electrons. The third kappa shape index (κ3) is 4.51. The van der Waals surface area contributed by atoms with Crippen molar-refractivity contribution in [3.8, 4) is 11.8 Å². The van der Waals surface area contributed by atoms with Crippen molar-refractivity contribution in [1.29, 1.82) is 5.26 Å². The number of nitrogens with zero attached hydrogens (tertiary/aromatic N) is 2. The van der Waals surface area contributed by atoms with E-state index in [9.17, 15) is 10.1 Å². The molecule has 5 heteroatoms. The first kappa shape index (κ1) is 22.4. The van der Waals surface area contributed by atoms with E-state index in [1.54, 1.807) is 19.2 Å². The first-order valence-corrected chi connectivity index (χ1v) is 11.6. The van der Waals surface area contributed by atoms with Gasteiger partial charge < -0.3 is 9.47 Å². The lowest BCUT2D eigenvalue weighted by molar-refractivity contribution is 0.0473. The van der Waals surface area contributed by atoms with Crippen LogP contribution in [0.5, 0.6) is 5.75 Å². The quantitative estimate of drug-likeness (QED) is 0.325. The summed E-state index contributed by atoms with van der Waals surface area (Å²) in [5.74, 6) is 0.418. The molecule has 1 aliphatic carbocycles. The van der Waals surface area contributed by atoms with Gasteiger partial charge in [-0.05, 0) is 66.3 Å². The van der Waals surface area contributed by atoms with Crippen molar-refractivity contribution in [2.45, 2.75) is 25.9 Å². The summed E-state index contributed by atoms with van der Waals surface area (Å²) in [6.07, 6.45) is 4.70. The number of ether oxygens (including phenoxy) is 2. The van der Waals surface area contributed by atoms with Crippen molar-refractivity contribution in [2.75, 3.05) is 7.11 Å². The van der Waals surface area contributed by atoms with E-state index in [1.165, 1.54) is 0 Å². The number of aromatic nitrogens is 1. The normalized spacial score (nSPS) is 13.8. The number of carbonyl (C=O) groups excluding carboxylic acids is 1. The summed E-state index contributed by atoms with van der Waals surface area (Å²) >= 11 is 0. The van der Waals surface area contributed by atoms with Crippen LogP contribution in [0.1, 0.15) is 51.1 Å². The lowest BCUT2D eigenvalue weighted by Crippen LogP contribution is -2.15. The molecule has 0 spiro atoms. The van der Waals surface area contributed by atoms with E-state index < -0.39 is 5.97 Å². The monoisotopic (exact) mass is 460 g/mol. The fourth-order valence-electron chi connectivity index (χ4n) is 4.58. The summed E-state index contributed by atoms with van der Waals surface area (Å²) in [5, 5.41) is 10.2. The Kier molecular flexibility index (Phi) is 6.28. The van der Waals surface area contributed by atoms with Crippen molar-refractivity contribution < 1.29 is 14.3 Å². The third-order valence-electron chi connectivity index (χ3n) is 6.33. The summed E-state index contributed by atoms with van der Waals surface area (Å²) in [4.78, 5) is 18.4. The first-order chi connectivity index (χ1) is 17.2. The lowest BCUT2D eigenvalue weighted by atomic mass is 9.86. The topological polar surface area (TPSA) is 72.2 Å². The van der Waals surface area contributed by atoms with Crippen LogP contribution in [0.2, 0.25) is 0 Å². The minimum atomic E-state index is -0.390. The Morgan fingerprint density at radius 3 is 2.60 bits per heavy atom. The molecule has 0 fully saturated rings. The second kappa shape index (κ2) is 9.82. The number of rotatable bonds is 5. The molecule has 0 amide bonds. The minimum absolute atomic E-state index is 0.0442. The summed E-state index contributed by atoms with van der Waals surface area (Å²) in [5.41, 5.74) is 6.47. The number of methoxy groups -OCH3 is 1. The number of fused-ring (bicyclic) bond motifs is 2. The Hall–Kier alpha value is -4.43. The van der Waals surface area contributed by atoms with E-state index in [4.69, 9.17) is 14.5 Å². The molecular formula is C30H24N2O3. The molecule has 1 aromatic heterocycles. The predicted molar refractivity (Wildman–Crippen MR) is 136 cm³/mol.